The Labute approximate surface area is 101 Å². The first kappa shape index (κ1) is 12.5. The highest BCUT2D eigenvalue weighted by Crippen LogP contribution is 2.31. The zero-order valence-corrected chi connectivity index (χ0v) is 9.95. The van der Waals surface area contributed by atoms with E-state index in [4.69, 9.17) is 4.74 Å². The molecule has 0 aliphatic heterocycles. The molecule has 4 heteroatoms. The first-order valence-corrected chi connectivity index (χ1v) is 5.88. The first-order chi connectivity index (χ1) is 8.24. The molecular weight excluding hydrogens is 221 g/mol. The summed E-state index contributed by atoms with van der Waals surface area (Å²) in [6.07, 6.45) is 1.83. The van der Waals surface area contributed by atoms with Gasteiger partial charge in [-0.1, -0.05) is 6.07 Å². The molecule has 1 aliphatic rings. The van der Waals surface area contributed by atoms with Crippen molar-refractivity contribution in [3.63, 3.8) is 0 Å². The van der Waals surface area contributed by atoms with E-state index in [1.54, 1.807) is 13.2 Å². The lowest BCUT2D eigenvalue weighted by molar-refractivity contribution is 0.122. The predicted molar refractivity (Wildman–Crippen MR) is 63.3 cm³/mol. The maximum Gasteiger partial charge on any atom is 0.123 e. The summed E-state index contributed by atoms with van der Waals surface area (Å²) in [7, 11) is 1.61. The van der Waals surface area contributed by atoms with Crippen molar-refractivity contribution in [2.45, 2.75) is 24.9 Å². The molecular formula is C13H18FNO2. The number of fused-ring (bicyclic) bond motifs is 1. The molecule has 0 bridgehead atoms. The molecule has 0 aromatic heterocycles. The van der Waals surface area contributed by atoms with Gasteiger partial charge in [-0.25, -0.2) is 4.39 Å². The third-order valence-electron chi connectivity index (χ3n) is 3.21. The molecule has 0 fully saturated rings. The average molecular weight is 239 g/mol. The van der Waals surface area contributed by atoms with Gasteiger partial charge >= 0.3 is 0 Å². The Balaban J connectivity index is 2.06. The topological polar surface area (TPSA) is 41.5 Å². The minimum Gasteiger partial charge on any atom is -0.395 e. The second-order valence-electron chi connectivity index (χ2n) is 4.44. The Morgan fingerprint density at radius 3 is 3.12 bits per heavy atom. The van der Waals surface area contributed by atoms with Crippen molar-refractivity contribution in [2.24, 2.45) is 0 Å². The molecule has 0 saturated carbocycles. The van der Waals surface area contributed by atoms with Crippen LogP contribution in [0.1, 0.15) is 23.6 Å². The van der Waals surface area contributed by atoms with E-state index >= 15 is 0 Å². The van der Waals surface area contributed by atoms with Gasteiger partial charge in [-0.15, -0.1) is 0 Å². The van der Waals surface area contributed by atoms with Crippen LogP contribution in [0, 0.1) is 5.82 Å². The van der Waals surface area contributed by atoms with Crippen molar-refractivity contribution >= 4 is 0 Å². The summed E-state index contributed by atoms with van der Waals surface area (Å²) in [6.45, 7) is 0.518. The highest BCUT2D eigenvalue weighted by atomic mass is 19.1. The number of hydrogen-bond donors (Lipinski definition) is 2. The number of aliphatic hydroxyl groups excluding tert-OH is 1. The van der Waals surface area contributed by atoms with Gasteiger partial charge in [-0.05, 0) is 36.1 Å². The van der Waals surface area contributed by atoms with E-state index in [9.17, 15) is 9.50 Å². The lowest BCUT2D eigenvalue weighted by Crippen LogP contribution is -2.38. The molecule has 2 rings (SSSR count). The Hall–Kier alpha value is -0.970. The van der Waals surface area contributed by atoms with Gasteiger partial charge in [0.05, 0.1) is 19.3 Å². The fourth-order valence-electron chi connectivity index (χ4n) is 2.40. The molecule has 94 valence electrons. The van der Waals surface area contributed by atoms with Crippen LogP contribution in [0.3, 0.4) is 0 Å². The Morgan fingerprint density at radius 2 is 2.41 bits per heavy atom. The average Bonchev–Trinajstić information content (AvgIpc) is 2.71. The van der Waals surface area contributed by atoms with Crippen molar-refractivity contribution in [3.8, 4) is 0 Å². The number of ether oxygens (including phenoxy) is 1. The number of benzene rings is 1. The van der Waals surface area contributed by atoms with Crippen molar-refractivity contribution < 1.29 is 14.2 Å². The van der Waals surface area contributed by atoms with Crippen LogP contribution in [0.5, 0.6) is 0 Å². The quantitative estimate of drug-likeness (QED) is 0.816. The highest BCUT2D eigenvalue weighted by molar-refractivity contribution is 5.35. The van der Waals surface area contributed by atoms with Crippen LogP contribution in [0.25, 0.3) is 0 Å². The molecule has 1 aromatic rings. The fourth-order valence-corrected chi connectivity index (χ4v) is 2.40. The fraction of sp³-hybridized carbons (Fsp3) is 0.538. The van der Waals surface area contributed by atoms with Crippen molar-refractivity contribution in [2.75, 3.05) is 20.3 Å². The molecule has 2 atom stereocenters. The zero-order chi connectivity index (χ0) is 12.3. The molecule has 3 nitrogen and oxygen atoms in total. The lowest BCUT2D eigenvalue weighted by atomic mass is 10.1. The van der Waals surface area contributed by atoms with Crippen LogP contribution >= 0.6 is 0 Å². The van der Waals surface area contributed by atoms with Gasteiger partial charge in [0.25, 0.3) is 0 Å². The summed E-state index contributed by atoms with van der Waals surface area (Å²) in [6, 6.07) is 5.04. The Kier molecular flexibility index (Phi) is 4.10. The maximum atomic E-state index is 13.1. The Bertz CT molecular complexity index is 384. The van der Waals surface area contributed by atoms with Crippen LogP contribution in [0.2, 0.25) is 0 Å². The van der Waals surface area contributed by atoms with Gasteiger partial charge in [-0.3, -0.25) is 0 Å². The number of aliphatic hydroxyl groups is 1. The molecule has 17 heavy (non-hydrogen) atoms. The van der Waals surface area contributed by atoms with Gasteiger partial charge in [0.1, 0.15) is 5.82 Å². The van der Waals surface area contributed by atoms with E-state index in [1.807, 2.05) is 6.07 Å². The van der Waals surface area contributed by atoms with E-state index in [2.05, 4.69) is 5.32 Å². The smallest absolute Gasteiger partial charge is 0.123 e. The van der Waals surface area contributed by atoms with Gasteiger partial charge in [-0.2, -0.15) is 0 Å². The van der Waals surface area contributed by atoms with E-state index in [-0.39, 0.29) is 24.5 Å². The number of hydrogen-bond acceptors (Lipinski definition) is 3. The first-order valence-electron chi connectivity index (χ1n) is 5.88. The zero-order valence-electron chi connectivity index (χ0n) is 9.95. The summed E-state index contributed by atoms with van der Waals surface area (Å²) < 4.78 is 18.1. The van der Waals surface area contributed by atoms with Crippen LogP contribution in [0.4, 0.5) is 4.39 Å². The standard InChI is InChI=1S/C13H18FNO2/c1-17-8-11(7-16)15-13-5-2-9-6-10(14)3-4-12(9)13/h3-4,6,11,13,15-16H,2,5,7-8H2,1H3. The van der Waals surface area contributed by atoms with Gasteiger partial charge < -0.3 is 15.2 Å². The van der Waals surface area contributed by atoms with E-state index < -0.39 is 0 Å². The number of halogens is 1. The van der Waals surface area contributed by atoms with Gasteiger partial charge in [0, 0.05) is 13.2 Å². The summed E-state index contributed by atoms with van der Waals surface area (Å²) >= 11 is 0. The van der Waals surface area contributed by atoms with Crippen LogP contribution in [0.15, 0.2) is 18.2 Å². The van der Waals surface area contributed by atoms with Gasteiger partial charge in [0.15, 0.2) is 0 Å². The second-order valence-corrected chi connectivity index (χ2v) is 4.44. The molecule has 0 heterocycles. The minimum atomic E-state index is -0.181. The van der Waals surface area contributed by atoms with E-state index in [0.29, 0.717) is 6.61 Å². The summed E-state index contributed by atoms with van der Waals surface area (Å²) in [5.74, 6) is -0.181. The lowest BCUT2D eigenvalue weighted by Gasteiger charge is -2.21. The summed E-state index contributed by atoms with van der Waals surface area (Å²) in [4.78, 5) is 0. The van der Waals surface area contributed by atoms with Crippen LogP contribution < -0.4 is 5.32 Å². The molecule has 1 aromatic carbocycles. The maximum absolute atomic E-state index is 13.1. The van der Waals surface area contributed by atoms with Crippen molar-refractivity contribution in [1.29, 1.82) is 0 Å². The number of nitrogens with one attached hydrogen (secondary N) is 1. The number of methoxy groups -OCH3 is 1. The summed E-state index contributed by atoms with van der Waals surface area (Å²) in [5.41, 5.74) is 2.21. The number of aryl methyl sites for hydroxylation is 1. The van der Waals surface area contributed by atoms with E-state index in [1.165, 1.54) is 6.07 Å². The molecule has 2 N–H and O–H groups in total. The second kappa shape index (κ2) is 5.58. The monoisotopic (exact) mass is 239 g/mol. The summed E-state index contributed by atoms with van der Waals surface area (Å²) in [5, 5.41) is 12.6. The molecule has 0 spiro atoms. The molecule has 0 radical (unpaired) electrons. The normalized spacial score (nSPS) is 20.3. The predicted octanol–water partition coefficient (Wildman–Crippen LogP) is 1.41. The number of rotatable bonds is 5. The highest BCUT2D eigenvalue weighted by Gasteiger charge is 2.24. The molecule has 0 amide bonds. The molecule has 0 saturated heterocycles. The largest absolute Gasteiger partial charge is 0.395 e. The third kappa shape index (κ3) is 2.83. The Morgan fingerprint density at radius 1 is 1.59 bits per heavy atom. The van der Waals surface area contributed by atoms with Crippen molar-refractivity contribution in [3.05, 3.63) is 35.1 Å². The molecule has 1 aliphatic carbocycles. The minimum absolute atomic E-state index is 0.0425. The van der Waals surface area contributed by atoms with Crippen LogP contribution in [-0.2, 0) is 11.2 Å². The van der Waals surface area contributed by atoms with Crippen LogP contribution in [-0.4, -0.2) is 31.5 Å². The SMILES string of the molecule is COCC(CO)NC1CCc2cc(F)ccc21. The molecule has 2 unspecified atom stereocenters. The third-order valence-corrected chi connectivity index (χ3v) is 3.21. The van der Waals surface area contributed by atoms with Crippen molar-refractivity contribution in [1.82, 2.24) is 5.32 Å². The van der Waals surface area contributed by atoms with Gasteiger partial charge in [0.2, 0.25) is 0 Å². The van der Waals surface area contributed by atoms with E-state index in [0.717, 1.165) is 24.0 Å².